The second kappa shape index (κ2) is 10.5. The van der Waals surface area contributed by atoms with Crippen LogP contribution in [-0.4, -0.2) is 4.98 Å². The first-order valence-corrected chi connectivity index (χ1v) is 1.49. The Morgan fingerprint density at radius 1 is 1.25 bits per heavy atom. The standard InChI is InChI=1S/C4H4N.2ClH.Os/c1-2-4-5-3-1;;;/h1-3,5H;2*1H;/q-1;;;+2/p-2. The van der Waals surface area contributed by atoms with Crippen LogP contribution in [0.3, 0.4) is 0 Å². The smallest absolute Gasteiger partial charge is 1.00 e. The van der Waals surface area contributed by atoms with E-state index in [0.717, 1.165) is 0 Å². The summed E-state index contributed by atoms with van der Waals surface area (Å²) in [5.74, 6) is 0. The van der Waals surface area contributed by atoms with E-state index in [-0.39, 0.29) is 44.6 Å². The van der Waals surface area contributed by atoms with Gasteiger partial charge in [-0.05, 0) is 0 Å². The normalized spacial score (nSPS) is 5.00. The molecule has 1 aromatic rings. The van der Waals surface area contributed by atoms with Crippen molar-refractivity contribution in [2.45, 2.75) is 0 Å². The van der Waals surface area contributed by atoms with Gasteiger partial charge in [0.15, 0.2) is 0 Å². The van der Waals surface area contributed by atoms with E-state index in [9.17, 15) is 0 Å². The van der Waals surface area contributed by atoms with Crippen LogP contribution in [0.4, 0.5) is 0 Å². The fraction of sp³-hybridized carbons (Fsp3) is 0. The van der Waals surface area contributed by atoms with Gasteiger partial charge in [0.2, 0.25) is 0 Å². The number of rotatable bonds is 0. The van der Waals surface area contributed by atoms with Gasteiger partial charge >= 0.3 is 19.8 Å². The number of nitrogens with one attached hydrogen (secondary N) is 1. The van der Waals surface area contributed by atoms with Gasteiger partial charge in [0.05, 0.1) is 0 Å². The van der Waals surface area contributed by atoms with Gasteiger partial charge < -0.3 is 29.8 Å². The second-order valence-electron chi connectivity index (χ2n) is 0.814. The Hall–Kier alpha value is 0.496. The molecular formula is C4H4Cl2NOs-. The minimum Gasteiger partial charge on any atom is -1.00 e. The molecule has 4 heteroatoms. The van der Waals surface area contributed by atoms with Gasteiger partial charge in [0, 0.05) is 0 Å². The fourth-order valence-corrected chi connectivity index (χ4v) is 0.241. The molecule has 0 saturated heterocycles. The maximum Gasteiger partial charge on any atom is 2.00 e. The Bertz CT molecular complexity index is 70.5. The van der Waals surface area contributed by atoms with Crippen molar-refractivity contribution in [3.63, 3.8) is 0 Å². The number of aromatic amines is 1. The molecule has 1 rings (SSSR count). The molecule has 0 aliphatic rings. The van der Waals surface area contributed by atoms with E-state index in [0.29, 0.717) is 0 Å². The Morgan fingerprint density at radius 3 is 2.00 bits per heavy atom. The Labute approximate surface area is 74.1 Å². The molecule has 1 N–H and O–H groups in total. The molecule has 0 unspecified atom stereocenters. The molecule has 0 bridgehead atoms. The number of halogens is 2. The molecule has 1 aromatic heterocycles. The van der Waals surface area contributed by atoms with Crippen LogP contribution in [0.15, 0.2) is 18.3 Å². The molecule has 0 atom stereocenters. The molecule has 0 amide bonds. The third-order valence-electron chi connectivity index (χ3n) is 0.442. The molecule has 48 valence electrons. The quantitative estimate of drug-likeness (QED) is 0.459. The first kappa shape index (κ1) is 15.8. The molecule has 0 fully saturated rings. The number of hydrogen-bond acceptors (Lipinski definition) is 0. The number of hydrogen-bond donors (Lipinski definition) is 1. The fourth-order valence-electron chi connectivity index (χ4n) is 0.241. The molecule has 0 radical (unpaired) electrons. The van der Waals surface area contributed by atoms with Gasteiger partial charge in [0.25, 0.3) is 0 Å². The van der Waals surface area contributed by atoms with Crippen molar-refractivity contribution >= 4 is 0 Å². The van der Waals surface area contributed by atoms with Crippen LogP contribution < -0.4 is 24.8 Å². The number of aromatic nitrogens is 1. The number of H-pyrrole nitrogens is 1. The first-order valence-electron chi connectivity index (χ1n) is 1.49. The maximum absolute atomic E-state index is 2.74. The van der Waals surface area contributed by atoms with Gasteiger partial charge in [-0.15, -0.1) is 6.20 Å². The minimum absolute atomic E-state index is 0. The summed E-state index contributed by atoms with van der Waals surface area (Å²) in [5.41, 5.74) is 0. The van der Waals surface area contributed by atoms with Crippen LogP contribution in [0.2, 0.25) is 0 Å². The van der Waals surface area contributed by atoms with Gasteiger partial charge in [0.1, 0.15) is 0 Å². The largest absolute Gasteiger partial charge is 2.00 e. The second-order valence-corrected chi connectivity index (χ2v) is 0.814. The third kappa shape index (κ3) is 6.50. The average Bonchev–Trinajstić information content (AvgIpc) is 1.76. The minimum atomic E-state index is 0. The van der Waals surface area contributed by atoms with Gasteiger partial charge in [-0.25, -0.2) is 0 Å². The molecular weight excluding hydrogens is 323 g/mol. The third-order valence-corrected chi connectivity index (χ3v) is 0.442. The van der Waals surface area contributed by atoms with Crippen molar-refractivity contribution in [2.75, 3.05) is 0 Å². The summed E-state index contributed by atoms with van der Waals surface area (Å²) in [7, 11) is 0. The molecule has 1 heterocycles. The zero-order chi connectivity index (χ0) is 3.54. The van der Waals surface area contributed by atoms with Gasteiger partial charge in [-0.3, -0.25) is 0 Å². The van der Waals surface area contributed by atoms with Crippen molar-refractivity contribution in [3.8, 4) is 0 Å². The van der Waals surface area contributed by atoms with E-state index >= 15 is 0 Å². The summed E-state index contributed by atoms with van der Waals surface area (Å²) < 4.78 is 0. The molecule has 1 nitrogen and oxygen atoms in total. The van der Waals surface area contributed by atoms with E-state index < -0.39 is 0 Å². The molecule has 0 aliphatic heterocycles. The van der Waals surface area contributed by atoms with Crippen molar-refractivity contribution in [1.82, 2.24) is 4.98 Å². The van der Waals surface area contributed by atoms with Gasteiger partial charge in [-0.1, -0.05) is 0 Å². The van der Waals surface area contributed by atoms with Crippen LogP contribution in [0.25, 0.3) is 0 Å². The molecule has 0 spiro atoms. The summed E-state index contributed by atoms with van der Waals surface area (Å²) in [5, 5.41) is 0. The molecule has 0 aromatic carbocycles. The summed E-state index contributed by atoms with van der Waals surface area (Å²) in [6, 6.07) is 3.71. The topological polar surface area (TPSA) is 15.8 Å². The summed E-state index contributed by atoms with van der Waals surface area (Å²) >= 11 is 0. The summed E-state index contributed by atoms with van der Waals surface area (Å²) in [6.07, 6.45) is 4.56. The Morgan fingerprint density at radius 2 is 1.88 bits per heavy atom. The van der Waals surface area contributed by atoms with E-state index in [1.54, 1.807) is 0 Å². The Kier molecular flexibility index (Phi) is 20.7. The van der Waals surface area contributed by atoms with E-state index in [1.165, 1.54) is 0 Å². The monoisotopic (exact) mass is 328 g/mol. The molecule has 0 saturated carbocycles. The van der Waals surface area contributed by atoms with E-state index in [2.05, 4.69) is 11.2 Å². The van der Waals surface area contributed by atoms with E-state index in [1.807, 2.05) is 18.3 Å². The van der Waals surface area contributed by atoms with Crippen LogP contribution in [-0.2, 0) is 19.8 Å². The summed E-state index contributed by atoms with van der Waals surface area (Å²) in [4.78, 5) is 2.74. The predicted molar refractivity (Wildman–Crippen MR) is 19.6 cm³/mol. The average molecular weight is 327 g/mol. The van der Waals surface area contributed by atoms with E-state index in [4.69, 9.17) is 0 Å². The predicted octanol–water partition coefficient (Wildman–Crippen LogP) is -5.18. The van der Waals surface area contributed by atoms with Crippen LogP contribution in [0, 0.1) is 6.20 Å². The van der Waals surface area contributed by atoms with Crippen molar-refractivity contribution in [3.05, 3.63) is 24.5 Å². The van der Waals surface area contributed by atoms with Crippen molar-refractivity contribution in [2.24, 2.45) is 0 Å². The van der Waals surface area contributed by atoms with Crippen LogP contribution in [0.1, 0.15) is 0 Å². The van der Waals surface area contributed by atoms with Crippen LogP contribution >= 0.6 is 0 Å². The SMILES string of the molecule is [Cl-].[Cl-].[Os+2].[c-]1ccc[nH]1. The summed E-state index contributed by atoms with van der Waals surface area (Å²) in [6.45, 7) is 0. The van der Waals surface area contributed by atoms with Gasteiger partial charge in [-0.2, -0.15) is 18.3 Å². The van der Waals surface area contributed by atoms with Crippen molar-refractivity contribution in [1.29, 1.82) is 0 Å². The first-order chi connectivity index (χ1) is 2.50. The Balaban J connectivity index is -0.0000000833. The zero-order valence-corrected chi connectivity index (χ0v) is 7.89. The zero-order valence-electron chi connectivity index (χ0n) is 3.84. The van der Waals surface area contributed by atoms with Crippen LogP contribution in [0.5, 0.6) is 0 Å². The molecule has 0 aliphatic carbocycles. The maximum atomic E-state index is 2.74. The molecule has 8 heavy (non-hydrogen) atoms. The van der Waals surface area contributed by atoms with Crippen molar-refractivity contribution < 1.29 is 44.6 Å².